The Hall–Kier alpha value is -1.13. The Labute approximate surface area is 101 Å². The summed E-state index contributed by atoms with van der Waals surface area (Å²) in [6.07, 6.45) is 2.91. The minimum Gasteiger partial charge on any atom is -0.496 e. The first kappa shape index (κ1) is 12.3. The van der Waals surface area contributed by atoms with Gasteiger partial charge in [0.05, 0.1) is 19.3 Å². The molecule has 2 atom stereocenters. The van der Waals surface area contributed by atoms with Gasteiger partial charge in [0.1, 0.15) is 11.6 Å². The van der Waals surface area contributed by atoms with Gasteiger partial charge in [-0.05, 0) is 36.6 Å². The maximum Gasteiger partial charge on any atom is 0.123 e. The topological polar surface area (TPSA) is 44.5 Å². The van der Waals surface area contributed by atoms with E-state index >= 15 is 0 Å². The highest BCUT2D eigenvalue weighted by atomic mass is 19.1. The minimum atomic E-state index is -0.242. The maximum absolute atomic E-state index is 13.2. The summed E-state index contributed by atoms with van der Waals surface area (Å²) in [5.74, 6) is 0.473. The smallest absolute Gasteiger partial charge is 0.123 e. The molecule has 1 aliphatic rings. The summed E-state index contributed by atoms with van der Waals surface area (Å²) in [7, 11) is 1.59. The van der Waals surface area contributed by atoms with Gasteiger partial charge < -0.3 is 15.2 Å². The molecule has 2 rings (SSSR count). The SMILES string of the molecule is COc1ccc(F)cc1C[C@H]1CC[C@@H](CN)O1. The molecule has 3 nitrogen and oxygen atoms in total. The van der Waals surface area contributed by atoms with Crippen molar-refractivity contribution in [3.8, 4) is 5.75 Å². The minimum absolute atomic E-state index is 0.124. The molecule has 4 heteroatoms. The lowest BCUT2D eigenvalue weighted by Crippen LogP contribution is -2.21. The second-order valence-electron chi connectivity index (χ2n) is 4.35. The zero-order valence-corrected chi connectivity index (χ0v) is 9.99. The molecule has 0 aliphatic carbocycles. The van der Waals surface area contributed by atoms with Crippen LogP contribution in [0.15, 0.2) is 18.2 Å². The summed E-state index contributed by atoms with van der Waals surface area (Å²) < 4.78 is 24.2. The number of methoxy groups -OCH3 is 1. The largest absolute Gasteiger partial charge is 0.496 e. The predicted octanol–water partition coefficient (Wildman–Crippen LogP) is 1.88. The van der Waals surface area contributed by atoms with Crippen molar-refractivity contribution in [3.05, 3.63) is 29.6 Å². The van der Waals surface area contributed by atoms with Crippen molar-refractivity contribution in [2.45, 2.75) is 31.5 Å². The maximum atomic E-state index is 13.2. The average Bonchev–Trinajstić information content (AvgIpc) is 2.77. The van der Waals surface area contributed by atoms with E-state index < -0.39 is 0 Å². The fourth-order valence-electron chi connectivity index (χ4n) is 2.26. The number of ether oxygens (including phenoxy) is 2. The van der Waals surface area contributed by atoms with Gasteiger partial charge in [0, 0.05) is 13.0 Å². The quantitative estimate of drug-likeness (QED) is 0.872. The molecule has 1 aliphatic heterocycles. The van der Waals surface area contributed by atoms with Crippen molar-refractivity contribution in [3.63, 3.8) is 0 Å². The van der Waals surface area contributed by atoms with Crippen LogP contribution >= 0.6 is 0 Å². The van der Waals surface area contributed by atoms with Crippen LogP contribution in [-0.4, -0.2) is 25.9 Å². The monoisotopic (exact) mass is 239 g/mol. The Morgan fingerprint density at radius 1 is 1.41 bits per heavy atom. The number of hydrogen-bond acceptors (Lipinski definition) is 3. The molecule has 2 N–H and O–H groups in total. The van der Waals surface area contributed by atoms with Crippen LogP contribution < -0.4 is 10.5 Å². The van der Waals surface area contributed by atoms with E-state index in [2.05, 4.69) is 0 Å². The molecular formula is C13H18FNO2. The number of benzene rings is 1. The number of hydrogen-bond donors (Lipinski definition) is 1. The van der Waals surface area contributed by atoms with Gasteiger partial charge in [-0.2, -0.15) is 0 Å². The summed E-state index contributed by atoms with van der Waals surface area (Å²) in [5.41, 5.74) is 6.42. The van der Waals surface area contributed by atoms with Crippen molar-refractivity contribution in [2.75, 3.05) is 13.7 Å². The van der Waals surface area contributed by atoms with E-state index in [1.54, 1.807) is 13.2 Å². The molecule has 1 heterocycles. The third-order valence-electron chi connectivity index (χ3n) is 3.15. The van der Waals surface area contributed by atoms with Gasteiger partial charge in [-0.3, -0.25) is 0 Å². The standard InChI is InChI=1S/C13H18FNO2/c1-16-13-5-2-10(14)6-9(13)7-11-3-4-12(8-15)17-11/h2,5-6,11-12H,3-4,7-8,15H2,1H3/t11-,12+/m1/s1. The van der Waals surface area contributed by atoms with Gasteiger partial charge in [0.2, 0.25) is 0 Å². The Balaban J connectivity index is 2.05. The van der Waals surface area contributed by atoms with Gasteiger partial charge in [0.25, 0.3) is 0 Å². The Bertz CT molecular complexity index is 384. The van der Waals surface area contributed by atoms with E-state index in [0.717, 1.165) is 18.4 Å². The lowest BCUT2D eigenvalue weighted by atomic mass is 10.0. The second-order valence-corrected chi connectivity index (χ2v) is 4.35. The van der Waals surface area contributed by atoms with Crippen LogP contribution in [0, 0.1) is 5.82 Å². The van der Waals surface area contributed by atoms with Gasteiger partial charge in [-0.15, -0.1) is 0 Å². The Morgan fingerprint density at radius 2 is 2.18 bits per heavy atom. The lowest BCUT2D eigenvalue weighted by Gasteiger charge is -2.14. The van der Waals surface area contributed by atoms with E-state index in [1.807, 2.05) is 0 Å². The second kappa shape index (κ2) is 5.47. The van der Waals surface area contributed by atoms with Crippen molar-refractivity contribution < 1.29 is 13.9 Å². The highest BCUT2D eigenvalue weighted by molar-refractivity contribution is 5.34. The fraction of sp³-hybridized carbons (Fsp3) is 0.538. The number of nitrogens with two attached hydrogens (primary N) is 1. The van der Waals surface area contributed by atoms with Crippen LogP contribution in [-0.2, 0) is 11.2 Å². The molecule has 0 radical (unpaired) electrons. The molecule has 0 bridgehead atoms. The van der Waals surface area contributed by atoms with Crippen LogP contribution in [0.1, 0.15) is 18.4 Å². The third kappa shape index (κ3) is 2.96. The molecule has 17 heavy (non-hydrogen) atoms. The van der Waals surface area contributed by atoms with E-state index in [1.165, 1.54) is 12.1 Å². The molecule has 94 valence electrons. The molecule has 0 aromatic heterocycles. The van der Waals surface area contributed by atoms with Crippen LogP contribution in [0.3, 0.4) is 0 Å². The summed E-state index contributed by atoms with van der Waals surface area (Å²) in [6, 6.07) is 4.57. The molecule has 1 saturated heterocycles. The van der Waals surface area contributed by atoms with E-state index in [9.17, 15) is 4.39 Å². The average molecular weight is 239 g/mol. The van der Waals surface area contributed by atoms with Crippen LogP contribution in [0.4, 0.5) is 4.39 Å². The normalized spacial score (nSPS) is 23.9. The number of halogens is 1. The van der Waals surface area contributed by atoms with E-state index in [-0.39, 0.29) is 18.0 Å². The van der Waals surface area contributed by atoms with Crippen LogP contribution in [0.25, 0.3) is 0 Å². The molecule has 1 aromatic rings. The van der Waals surface area contributed by atoms with Crippen LogP contribution in [0.5, 0.6) is 5.75 Å². The fourth-order valence-corrected chi connectivity index (χ4v) is 2.26. The Morgan fingerprint density at radius 3 is 2.82 bits per heavy atom. The summed E-state index contributed by atoms with van der Waals surface area (Å²) in [4.78, 5) is 0. The van der Waals surface area contributed by atoms with Crippen molar-refractivity contribution in [1.82, 2.24) is 0 Å². The lowest BCUT2D eigenvalue weighted by molar-refractivity contribution is 0.0504. The van der Waals surface area contributed by atoms with E-state index in [4.69, 9.17) is 15.2 Å². The zero-order valence-electron chi connectivity index (χ0n) is 9.99. The first-order valence-electron chi connectivity index (χ1n) is 5.91. The van der Waals surface area contributed by atoms with Gasteiger partial charge in [-0.25, -0.2) is 4.39 Å². The first-order valence-corrected chi connectivity index (χ1v) is 5.91. The van der Waals surface area contributed by atoms with Crippen molar-refractivity contribution in [2.24, 2.45) is 5.73 Å². The molecule has 0 amide bonds. The molecule has 0 spiro atoms. The highest BCUT2D eigenvalue weighted by Crippen LogP contribution is 2.27. The summed E-state index contributed by atoms with van der Waals surface area (Å²) >= 11 is 0. The summed E-state index contributed by atoms with van der Waals surface area (Å²) in [5, 5.41) is 0. The zero-order chi connectivity index (χ0) is 12.3. The predicted molar refractivity (Wildman–Crippen MR) is 63.6 cm³/mol. The summed E-state index contributed by atoms with van der Waals surface area (Å²) in [6.45, 7) is 0.552. The van der Waals surface area contributed by atoms with Gasteiger partial charge >= 0.3 is 0 Å². The molecular weight excluding hydrogens is 221 g/mol. The third-order valence-corrected chi connectivity index (χ3v) is 3.15. The van der Waals surface area contributed by atoms with Crippen LogP contribution in [0.2, 0.25) is 0 Å². The molecule has 0 unspecified atom stereocenters. The van der Waals surface area contributed by atoms with Gasteiger partial charge in [-0.1, -0.05) is 0 Å². The van der Waals surface area contributed by atoms with E-state index in [0.29, 0.717) is 18.7 Å². The van der Waals surface area contributed by atoms with Gasteiger partial charge in [0.15, 0.2) is 0 Å². The molecule has 1 aromatic carbocycles. The Kier molecular flexibility index (Phi) is 3.97. The molecule has 0 saturated carbocycles. The first-order chi connectivity index (χ1) is 8.22. The highest BCUT2D eigenvalue weighted by Gasteiger charge is 2.25. The van der Waals surface area contributed by atoms with Crippen molar-refractivity contribution >= 4 is 0 Å². The molecule has 1 fully saturated rings. The van der Waals surface area contributed by atoms with Crippen molar-refractivity contribution in [1.29, 1.82) is 0 Å². The number of rotatable bonds is 4.